The molecule has 0 spiro atoms. The summed E-state index contributed by atoms with van der Waals surface area (Å²) in [6, 6.07) is 5.51. The van der Waals surface area contributed by atoms with E-state index in [0.29, 0.717) is 17.9 Å². The Labute approximate surface area is 101 Å². The summed E-state index contributed by atoms with van der Waals surface area (Å²) in [5.41, 5.74) is 0.491. The lowest BCUT2D eigenvalue weighted by Crippen LogP contribution is -2.37. The normalized spacial score (nSPS) is 9.47. The molecule has 0 aliphatic carbocycles. The number of aromatic nitrogens is 1. The molecule has 90 valence electrons. The monoisotopic (exact) mass is 232 g/mol. The molecule has 0 bridgehead atoms. The highest BCUT2D eigenvalue weighted by Crippen LogP contribution is 2.16. The average Bonchev–Trinajstić information content (AvgIpc) is 2.38. The topological polar surface area (TPSA) is 69.0 Å². The fraction of sp³-hybridized carbons (Fsp3) is 0.417. The predicted molar refractivity (Wildman–Crippen MR) is 65.5 cm³/mol. The molecule has 0 radical (unpaired) electrons. The van der Waals surface area contributed by atoms with Crippen molar-refractivity contribution >= 4 is 11.7 Å². The largest absolute Gasteiger partial charge is 0.358 e. The van der Waals surface area contributed by atoms with Crippen molar-refractivity contribution in [2.45, 2.75) is 13.3 Å². The summed E-state index contributed by atoms with van der Waals surface area (Å²) in [6.07, 6.45) is 2.52. The highest BCUT2D eigenvalue weighted by atomic mass is 16.1. The van der Waals surface area contributed by atoms with Gasteiger partial charge in [-0.05, 0) is 18.6 Å². The van der Waals surface area contributed by atoms with Gasteiger partial charge in [0.15, 0.2) is 0 Å². The van der Waals surface area contributed by atoms with Gasteiger partial charge < -0.3 is 10.2 Å². The number of nitrogens with zero attached hydrogens (tertiary/aromatic N) is 3. The van der Waals surface area contributed by atoms with Gasteiger partial charge in [0.25, 0.3) is 0 Å². The maximum Gasteiger partial charge on any atom is 0.239 e. The maximum atomic E-state index is 11.4. The maximum absolute atomic E-state index is 11.4. The summed E-state index contributed by atoms with van der Waals surface area (Å²) in [7, 11) is 1.59. The van der Waals surface area contributed by atoms with E-state index in [4.69, 9.17) is 5.26 Å². The van der Waals surface area contributed by atoms with Crippen LogP contribution in [0.25, 0.3) is 0 Å². The molecule has 0 aliphatic rings. The van der Waals surface area contributed by atoms with E-state index in [2.05, 4.69) is 16.4 Å². The first kappa shape index (κ1) is 13.0. The molecule has 1 rings (SSSR count). The Morgan fingerprint density at radius 2 is 2.41 bits per heavy atom. The molecule has 1 heterocycles. The number of nitriles is 1. The molecule has 0 atom stereocenters. The number of anilines is 1. The molecule has 5 nitrogen and oxygen atoms in total. The van der Waals surface area contributed by atoms with Crippen molar-refractivity contribution in [2.24, 2.45) is 0 Å². The van der Waals surface area contributed by atoms with Gasteiger partial charge in [-0.1, -0.05) is 6.92 Å². The minimum absolute atomic E-state index is 0.0898. The van der Waals surface area contributed by atoms with E-state index in [1.54, 1.807) is 25.4 Å². The van der Waals surface area contributed by atoms with Crippen LogP contribution in [0.15, 0.2) is 18.3 Å². The highest BCUT2D eigenvalue weighted by molar-refractivity contribution is 5.81. The Hall–Kier alpha value is -2.09. The third kappa shape index (κ3) is 3.45. The number of rotatable bonds is 5. The predicted octanol–water partition coefficient (Wildman–Crippen LogP) is 0.916. The molecular formula is C12H16N4O. The number of likely N-dealkylation sites (N-methyl/N-ethyl adjacent to an activating group) is 1. The van der Waals surface area contributed by atoms with Crippen molar-refractivity contribution in [3.05, 3.63) is 23.9 Å². The van der Waals surface area contributed by atoms with Crippen LogP contribution in [0.4, 0.5) is 5.82 Å². The fourth-order valence-electron chi connectivity index (χ4n) is 1.52. The molecule has 0 fully saturated rings. The molecular weight excluding hydrogens is 216 g/mol. The van der Waals surface area contributed by atoms with E-state index in [0.717, 1.165) is 6.42 Å². The molecule has 17 heavy (non-hydrogen) atoms. The Morgan fingerprint density at radius 1 is 1.65 bits per heavy atom. The quantitative estimate of drug-likeness (QED) is 0.819. The summed E-state index contributed by atoms with van der Waals surface area (Å²) < 4.78 is 0. The minimum Gasteiger partial charge on any atom is -0.358 e. The van der Waals surface area contributed by atoms with Crippen molar-refractivity contribution in [2.75, 3.05) is 25.0 Å². The van der Waals surface area contributed by atoms with Crippen LogP contribution in [0.5, 0.6) is 0 Å². The van der Waals surface area contributed by atoms with Gasteiger partial charge in [0.1, 0.15) is 11.9 Å². The summed E-state index contributed by atoms with van der Waals surface area (Å²) >= 11 is 0. The van der Waals surface area contributed by atoms with E-state index in [-0.39, 0.29) is 12.5 Å². The first-order chi connectivity index (χ1) is 8.22. The van der Waals surface area contributed by atoms with Gasteiger partial charge in [0, 0.05) is 19.8 Å². The van der Waals surface area contributed by atoms with Gasteiger partial charge >= 0.3 is 0 Å². The molecule has 0 aliphatic heterocycles. The molecule has 0 unspecified atom stereocenters. The van der Waals surface area contributed by atoms with Crippen LogP contribution in [-0.2, 0) is 4.79 Å². The van der Waals surface area contributed by atoms with E-state index >= 15 is 0 Å². The summed E-state index contributed by atoms with van der Waals surface area (Å²) in [5, 5.41) is 11.6. The van der Waals surface area contributed by atoms with E-state index in [1.807, 2.05) is 11.8 Å². The van der Waals surface area contributed by atoms with Gasteiger partial charge in [-0.15, -0.1) is 0 Å². The third-order valence-electron chi connectivity index (χ3n) is 2.31. The van der Waals surface area contributed by atoms with Crippen molar-refractivity contribution < 1.29 is 4.79 Å². The van der Waals surface area contributed by atoms with Crippen LogP contribution in [-0.4, -0.2) is 31.0 Å². The van der Waals surface area contributed by atoms with Gasteiger partial charge in [-0.25, -0.2) is 4.98 Å². The third-order valence-corrected chi connectivity index (χ3v) is 2.31. The molecule has 1 aromatic heterocycles. The van der Waals surface area contributed by atoms with E-state index < -0.39 is 0 Å². The number of amides is 1. The first-order valence-corrected chi connectivity index (χ1v) is 5.53. The van der Waals surface area contributed by atoms with Crippen molar-refractivity contribution in [1.29, 1.82) is 5.26 Å². The van der Waals surface area contributed by atoms with Crippen LogP contribution in [0.2, 0.25) is 0 Å². The number of carbonyl (C=O) groups excluding carboxylic acids is 1. The van der Waals surface area contributed by atoms with Crippen LogP contribution in [0.3, 0.4) is 0 Å². The molecule has 1 amide bonds. The first-order valence-electron chi connectivity index (χ1n) is 5.53. The number of hydrogen-bond donors (Lipinski definition) is 1. The average molecular weight is 232 g/mol. The van der Waals surface area contributed by atoms with Crippen molar-refractivity contribution in [1.82, 2.24) is 10.3 Å². The minimum atomic E-state index is -0.0898. The second-order valence-electron chi connectivity index (χ2n) is 3.58. The van der Waals surface area contributed by atoms with E-state index in [1.165, 1.54) is 0 Å². The fourth-order valence-corrected chi connectivity index (χ4v) is 1.52. The molecule has 0 aromatic carbocycles. The van der Waals surface area contributed by atoms with Crippen LogP contribution >= 0.6 is 0 Å². The Bertz CT molecular complexity index is 425. The molecule has 0 saturated carbocycles. The van der Waals surface area contributed by atoms with Crippen molar-refractivity contribution in [3.8, 4) is 6.07 Å². The molecule has 1 N–H and O–H groups in total. The summed E-state index contributed by atoms with van der Waals surface area (Å²) in [5.74, 6) is 0.480. The summed E-state index contributed by atoms with van der Waals surface area (Å²) in [6.45, 7) is 2.93. The second kappa shape index (κ2) is 6.48. The number of hydrogen-bond acceptors (Lipinski definition) is 4. The number of nitrogens with one attached hydrogen (secondary N) is 1. The number of carbonyl (C=O) groups is 1. The van der Waals surface area contributed by atoms with Crippen molar-refractivity contribution in [3.63, 3.8) is 0 Å². The van der Waals surface area contributed by atoms with E-state index in [9.17, 15) is 4.79 Å². The van der Waals surface area contributed by atoms with Gasteiger partial charge in [0.2, 0.25) is 5.91 Å². The lowest BCUT2D eigenvalue weighted by Gasteiger charge is -2.22. The Morgan fingerprint density at radius 3 is 3.00 bits per heavy atom. The standard InChI is InChI=1S/C12H16N4O/c1-3-7-16(9-11(17)14-2)12-10(8-13)5-4-6-15-12/h4-6H,3,7,9H2,1-2H3,(H,14,17). The van der Waals surface area contributed by atoms with Crippen LogP contribution in [0, 0.1) is 11.3 Å². The van der Waals surface area contributed by atoms with Crippen LogP contribution < -0.4 is 10.2 Å². The zero-order valence-corrected chi connectivity index (χ0v) is 10.1. The zero-order valence-electron chi connectivity index (χ0n) is 10.1. The molecule has 1 aromatic rings. The van der Waals surface area contributed by atoms with Gasteiger partial charge in [0.05, 0.1) is 12.1 Å². The number of pyridine rings is 1. The Balaban J connectivity index is 2.97. The zero-order chi connectivity index (χ0) is 12.7. The van der Waals surface area contributed by atoms with Gasteiger partial charge in [-0.2, -0.15) is 5.26 Å². The molecule has 5 heteroatoms. The lowest BCUT2D eigenvalue weighted by molar-refractivity contribution is -0.119. The second-order valence-corrected chi connectivity index (χ2v) is 3.58. The SMILES string of the molecule is CCCN(CC(=O)NC)c1ncccc1C#N. The summed E-state index contributed by atoms with van der Waals surface area (Å²) in [4.78, 5) is 17.4. The van der Waals surface area contributed by atoms with Crippen LogP contribution in [0.1, 0.15) is 18.9 Å². The smallest absolute Gasteiger partial charge is 0.239 e. The molecule has 0 saturated heterocycles. The lowest BCUT2D eigenvalue weighted by atomic mass is 10.2. The Kier molecular flexibility index (Phi) is 4.95. The highest BCUT2D eigenvalue weighted by Gasteiger charge is 2.14. The van der Waals surface area contributed by atoms with Gasteiger partial charge in [-0.3, -0.25) is 4.79 Å².